The number of hydrogen-bond acceptors (Lipinski definition) is 3. The lowest BCUT2D eigenvalue weighted by molar-refractivity contribution is -0.117. The highest BCUT2D eigenvalue weighted by atomic mass is 16.5. The second-order valence-electron chi connectivity index (χ2n) is 5.64. The Morgan fingerprint density at radius 2 is 2.00 bits per heavy atom. The van der Waals surface area contributed by atoms with E-state index in [4.69, 9.17) is 4.74 Å². The molecule has 2 aromatic carbocycles. The molecule has 0 unspecified atom stereocenters. The van der Waals surface area contributed by atoms with Crippen LogP contribution in [0, 0.1) is 0 Å². The van der Waals surface area contributed by atoms with Gasteiger partial charge in [0, 0.05) is 29.8 Å². The van der Waals surface area contributed by atoms with Gasteiger partial charge in [-0.2, -0.15) is 0 Å². The Morgan fingerprint density at radius 1 is 1.17 bits per heavy atom. The molecule has 0 spiro atoms. The van der Waals surface area contributed by atoms with Gasteiger partial charge < -0.3 is 9.64 Å². The van der Waals surface area contributed by atoms with E-state index in [0.29, 0.717) is 18.5 Å². The van der Waals surface area contributed by atoms with Crippen molar-refractivity contribution in [3.63, 3.8) is 0 Å². The molecule has 0 atom stereocenters. The van der Waals surface area contributed by atoms with Crippen molar-refractivity contribution >= 4 is 23.5 Å². The van der Waals surface area contributed by atoms with Gasteiger partial charge in [0.25, 0.3) is 0 Å². The summed E-state index contributed by atoms with van der Waals surface area (Å²) in [6.45, 7) is 0.716. The molecule has 1 aliphatic heterocycles. The van der Waals surface area contributed by atoms with E-state index in [9.17, 15) is 9.59 Å². The van der Waals surface area contributed by atoms with Gasteiger partial charge in [-0.1, -0.05) is 30.3 Å². The number of para-hydroxylation sites is 1. The topological polar surface area (TPSA) is 46.6 Å². The molecule has 0 aliphatic carbocycles. The van der Waals surface area contributed by atoms with Gasteiger partial charge in [0.15, 0.2) is 5.78 Å². The summed E-state index contributed by atoms with van der Waals surface area (Å²) in [4.78, 5) is 26.0. The third kappa shape index (κ3) is 3.38. The minimum Gasteiger partial charge on any atom is -0.496 e. The van der Waals surface area contributed by atoms with E-state index in [1.807, 2.05) is 36.4 Å². The van der Waals surface area contributed by atoms with Crippen molar-refractivity contribution in [1.82, 2.24) is 0 Å². The van der Waals surface area contributed by atoms with E-state index in [0.717, 1.165) is 23.4 Å². The summed E-state index contributed by atoms with van der Waals surface area (Å²) >= 11 is 0. The lowest BCUT2D eigenvalue weighted by Gasteiger charge is -2.16. The predicted molar refractivity (Wildman–Crippen MR) is 94.4 cm³/mol. The first-order chi connectivity index (χ1) is 11.7. The fraction of sp³-hybridized carbons (Fsp3) is 0.200. The molecule has 4 nitrogen and oxygen atoms in total. The number of ether oxygens (including phenoxy) is 1. The zero-order chi connectivity index (χ0) is 16.9. The Hall–Kier alpha value is -2.88. The SMILES string of the molecule is COc1ccccc1/C=C/C(=O)c1cccc(N2CCCC2=O)c1. The Balaban J connectivity index is 1.80. The van der Waals surface area contributed by atoms with Crippen LogP contribution in [-0.2, 0) is 4.79 Å². The third-order valence-electron chi connectivity index (χ3n) is 4.07. The summed E-state index contributed by atoms with van der Waals surface area (Å²) in [5.74, 6) is 0.733. The molecular weight excluding hydrogens is 302 g/mol. The molecule has 1 amide bonds. The first-order valence-electron chi connectivity index (χ1n) is 7.95. The fourth-order valence-electron chi connectivity index (χ4n) is 2.81. The highest BCUT2D eigenvalue weighted by Gasteiger charge is 2.22. The average Bonchev–Trinajstić information content (AvgIpc) is 3.06. The standard InChI is InChI=1S/C20H19NO3/c1-24-19-9-3-2-6-15(19)11-12-18(22)16-7-4-8-17(14-16)21-13-5-10-20(21)23/h2-4,6-9,11-12,14H,5,10,13H2,1H3/b12-11+. The van der Waals surface area contributed by atoms with Gasteiger partial charge in [0.2, 0.25) is 5.91 Å². The van der Waals surface area contributed by atoms with Gasteiger partial charge in [0.05, 0.1) is 7.11 Å². The van der Waals surface area contributed by atoms with Gasteiger partial charge in [-0.15, -0.1) is 0 Å². The minimum absolute atomic E-state index is 0.102. The monoisotopic (exact) mass is 321 g/mol. The highest BCUT2D eigenvalue weighted by molar-refractivity contribution is 6.08. The molecule has 0 N–H and O–H groups in total. The van der Waals surface area contributed by atoms with E-state index >= 15 is 0 Å². The van der Waals surface area contributed by atoms with E-state index in [1.165, 1.54) is 6.08 Å². The molecule has 24 heavy (non-hydrogen) atoms. The Morgan fingerprint density at radius 3 is 2.75 bits per heavy atom. The van der Waals surface area contributed by atoms with E-state index in [1.54, 1.807) is 30.2 Å². The summed E-state index contributed by atoms with van der Waals surface area (Å²) in [6, 6.07) is 14.7. The van der Waals surface area contributed by atoms with E-state index < -0.39 is 0 Å². The van der Waals surface area contributed by atoms with Crippen LogP contribution in [0.1, 0.15) is 28.8 Å². The maximum Gasteiger partial charge on any atom is 0.227 e. The number of nitrogens with zero attached hydrogens (tertiary/aromatic N) is 1. The number of methoxy groups -OCH3 is 1. The fourth-order valence-corrected chi connectivity index (χ4v) is 2.81. The second-order valence-corrected chi connectivity index (χ2v) is 5.64. The summed E-state index contributed by atoms with van der Waals surface area (Å²) < 4.78 is 5.28. The van der Waals surface area contributed by atoms with E-state index in [2.05, 4.69) is 0 Å². The number of carbonyl (C=O) groups excluding carboxylic acids is 2. The lowest BCUT2D eigenvalue weighted by atomic mass is 10.1. The zero-order valence-electron chi connectivity index (χ0n) is 13.6. The highest BCUT2D eigenvalue weighted by Crippen LogP contribution is 2.23. The Kier molecular flexibility index (Phi) is 4.75. The quantitative estimate of drug-likeness (QED) is 0.623. The number of hydrogen-bond donors (Lipinski definition) is 0. The van der Waals surface area contributed by atoms with Crippen molar-refractivity contribution in [3.05, 3.63) is 65.7 Å². The molecule has 3 rings (SSSR count). The summed E-state index contributed by atoms with van der Waals surface area (Å²) in [5, 5.41) is 0. The minimum atomic E-state index is -0.102. The van der Waals surface area contributed by atoms with Crippen LogP contribution in [0.25, 0.3) is 6.08 Å². The molecule has 2 aromatic rings. The first kappa shape index (κ1) is 16.0. The molecule has 122 valence electrons. The molecule has 0 saturated carbocycles. The Bertz CT molecular complexity index is 795. The van der Waals surface area contributed by atoms with Crippen molar-refractivity contribution < 1.29 is 14.3 Å². The number of allylic oxidation sites excluding steroid dienone is 1. The average molecular weight is 321 g/mol. The van der Waals surface area contributed by atoms with Crippen LogP contribution in [0.4, 0.5) is 5.69 Å². The summed E-state index contributed by atoms with van der Waals surface area (Å²) in [7, 11) is 1.60. The molecule has 0 bridgehead atoms. The summed E-state index contributed by atoms with van der Waals surface area (Å²) in [5.41, 5.74) is 2.20. The van der Waals surface area contributed by atoms with Gasteiger partial charge in [-0.3, -0.25) is 9.59 Å². The van der Waals surface area contributed by atoms with Crippen LogP contribution in [0.3, 0.4) is 0 Å². The molecule has 1 aliphatic rings. The van der Waals surface area contributed by atoms with E-state index in [-0.39, 0.29) is 11.7 Å². The number of carbonyl (C=O) groups is 2. The molecule has 1 fully saturated rings. The van der Waals surface area contributed by atoms with Crippen molar-refractivity contribution in [2.45, 2.75) is 12.8 Å². The van der Waals surface area contributed by atoms with Crippen molar-refractivity contribution in [2.24, 2.45) is 0 Å². The largest absolute Gasteiger partial charge is 0.496 e. The predicted octanol–water partition coefficient (Wildman–Crippen LogP) is 3.72. The molecular formula is C20H19NO3. The number of benzene rings is 2. The molecule has 0 radical (unpaired) electrons. The zero-order valence-corrected chi connectivity index (χ0v) is 13.6. The van der Waals surface area contributed by atoms with Crippen LogP contribution < -0.4 is 9.64 Å². The molecule has 1 saturated heterocycles. The van der Waals surface area contributed by atoms with Crippen LogP contribution in [0.5, 0.6) is 5.75 Å². The van der Waals surface area contributed by atoms with Crippen LogP contribution in [-0.4, -0.2) is 25.3 Å². The lowest BCUT2D eigenvalue weighted by Crippen LogP contribution is -2.23. The normalized spacial score (nSPS) is 14.4. The molecule has 4 heteroatoms. The Labute approximate surface area is 141 Å². The number of rotatable bonds is 5. The van der Waals surface area contributed by atoms with Crippen molar-refractivity contribution in [2.75, 3.05) is 18.6 Å². The number of anilines is 1. The van der Waals surface area contributed by atoms with Crippen LogP contribution in [0.2, 0.25) is 0 Å². The van der Waals surface area contributed by atoms with Crippen LogP contribution in [0.15, 0.2) is 54.6 Å². The van der Waals surface area contributed by atoms with Crippen molar-refractivity contribution in [1.29, 1.82) is 0 Å². The van der Waals surface area contributed by atoms with Gasteiger partial charge in [-0.05, 0) is 36.8 Å². The smallest absolute Gasteiger partial charge is 0.227 e. The maximum atomic E-state index is 12.4. The summed E-state index contributed by atoms with van der Waals surface area (Å²) in [6.07, 6.45) is 4.72. The molecule has 1 heterocycles. The van der Waals surface area contributed by atoms with Gasteiger partial charge in [0.1, 0.15) is 5.75 Å². The van der Waals surface area contributed by atoms with Crippen LogP contribution >= 0.6 is 0 Å². The third-order valence-corrected chi connectivity index (χ3v) is 4.07. The van der Waals surface area contributed by atoms with Crippen molar-refractivity contribution in [3.8, 4) is 5.75 Å². The second kappa shape index (κ2) is 7.13. The van der Waals surface area contributed by atoms with Gasteiger partial charge >= 0.3 is 0 Å². The maximum absolute atomic E-state index is 12.4. The molecule has 0 aromatic heterocycles. The number of amides is 1. The first-order valence-corrected chi connectivity index (χ1v) is 7.95. The van der Waals surface area contributed by atoms with Gasteiger partial charge in [-0.25, -0.2) is 0 Å². The number of ketones is 1.